The van der Waals surface area contributed by atoms with Crippen LogP contribution in [0.3, 0.4) is 0 Å². The van der Waals surface area contributed by atoms with Crippen LogP contribution in [0.5, 0.6) is 5.75 Å². The van der Waals surface area contributed by atoms with E-state index in [0.29, 0.717) is 17.0 Å². The maximum absolute atomic E-state index is 11.9. The fourth-order valence-corrected chi connectivity index (χ4v) is 2.75. The number of nitriles is 1. The highest BCUT2D eigenvalue weighted by Gasteiger charge is 2.08. The van der Waals surface area contributed by atoms with Crippen molar-refractivity contribution >= 4 is 44.9 Å². The number of thiocarbonyl (C=S) groups is 1. The van der Waals surface area contributed by atoms with Crippen LogP contribution in [-0.4, -0.2) is 17.6 Å². The zero-order valence-corrected chi connectivity index (χ0v) is 15.9. The van der Waals surface area contributed by atoms with Gasteiger partial charge in [-0.3, -0.25) is 10.1 Å². The van der Waals surface area contributed by atoms with Crippen molar-refractivity contribution < 1.29 is 9.53 Å². The first-order chi connectivity index (χ1) is 12.0. The Bertz CT molecular complexity index is 816. The largest absolute Gasteiger partial charge is 0.483 e. The molecule has 0 heterocycles. The van der Waals surface area contributed by atoms with Crippen molar-refractivity contribution in [2.75, 3.05) is 11.9 Å². The fourth-order valence-electron chi connectivity index (χ4n) is 1.98. The predicted octanol–water partition coefficient (Wildman–Crippen LogP) is 3.78. The van der Waals surface area contributed by atoms with Gasteiger partial charge in [0, 0.05) is 5.69 Å². The predicted molar refractivity (Wildman–Crippen MR) is 105 cm³/mol. The molecule has 0 spiro atoms. The molecule has 128 valence electrons. The summed E-state index contributed by atoms with van der Waals surface area (Å²) in [6.07, 6.45) is 0.925. The molecule has 0 saturated heterocycles. The second-order valence-corrected chi connectivity index (χ2v) is 6.36. The van der Waals surface area contributed by atoms with Crippen LogP contribution in [0.25, 0.3) is 0 Å². The Labute approximate surface area is 160 Å². The van der Waals surface area contributed by atoms with Crippen molar-refractivity contribution in [1.82, 2.24) is 5.32 Å². The number of halogens is 1. The van der Waals surface area contributed by atoms with Crippen molar-refractivity contribution in [2.24, 2.45) is 0 Å². The molecule has 0 fully saturated rings. The van der Waals surface area contributed by atoms with E-state index in [-0.39, 0.29) is 17.6 Å². The van der Waals surface area contributed by atoms with Crippen molar-refractivity contribution in [2.45, 2.75) is 13.3 Å². The molecule has 2 aromatic rings. The molecule has 0 atom stereocenters. The lowest BCUT2D eigenvalue weighted by Gasteiger charge is -2.11. The maximum Gasteiger partial charge on any atom is 0.264 e. The number of rotatable bonds is 5. The summed E-state index contributed by atoms with van der Waals surface area (Å²) in [6.45, 7) is 1.91. The van der Waals surface area contributed by atoms with Gasteiger partial charge in [0.1, 0.15) is 5.75 Å². The van der Waals surface area contributed by atoms with Crippen LogP contribution in [0.15, 0.2) is 46.9 Å². The summed E-state index contributed by atoms with van der Waals surface area (Å²) in [7, 11) is 0. The average Bonchev–Trinajstić information content (AvgIpc) is 2.61. The first kappa shape index (κ1) is 18.9. The van der Waals surface area contributed by atoms with E-state index in [0.717, 1.165) is 10.9 Å². The molecule has 25 heavy (non-hydrogen) atoms. The van der Waals surface area contributed by atoms with Gasteiger partial charge >= 0.3 is 0 Å². The summed E-state index contributed by atoms with van der Waals surface area (Å²) < 4.78 is 6.30. The van der Waals surface area contributed by atoms with E-state index in [9.17, 15) is 4.79 Å². The van der Waals surface area contributed by atoms with Gasteiger partial charge in [-0.2, -0.15) is 5.26 Å². The minimum atomic E-state index is -0.363. The highest BCUT2D eigenvalue weighted by atomic mass is 79.9. The number of ether oxygens (including phenoxy) is 1. The highest BCUT2D eigenvalue weighted by molar-refractivity contribution is 9.10. The second kappa shape index (κ2) is 9.16. The van der Waals surface area contributed by atoms with Gasteiger partial charge in [0.05, 0.1) is 16.1 Å². The SMILES string of the molecule is CCc1ccc(OCC(=O)NC(=S)Nc2ccc(C#N)cc2)c(Br)c1. The Morgan fingerprint density at radius 2 is 2.00 bits per heavy atom. The lowest BCUT2D eigenvalue weighted by atomic mass is 10.2. The number of carbonyl (C=O) groups is 1. The summed E-state index contributed by atoms with van der Waals surface area (Å²) in [4.78, 5) is 11.9. The molecular weight excluding hydrogens is 402 g/mol. The van der Waals surface area contributed by atoms with E-state index in [1.54, 1.807) is 24.3 Å². The Hall–Kier alpha value is -2.43. The van der Waals surface area contributed by atoms with Crippen LogP contribution in [0.2, 0.25) is 0 Å². The van der Waals surface area contributed by atoms with Crippen molar-refractivity contribution in [3.63, 3.8) is 0 Å². The Kier molecular flexibility index (Phi) is 6.92. The van der Waals surface area contributed by atoms with E-state index in [4.69, 9.17) is 22.2 Å². The van der Waals surface area contributed by atoms with Gasteiger partial charge in [0.2, 0.25) is 0 Å². The average molecular weight is 418 g/mol. The van der Waals surface area contributed by atoms with Crippen LogP contribution >= 0.6 is 28.1 Å². The molecule has 0 radical (unpaired) electrons. The molecule has 2 N–H and O–H groups in total. The number of hydrogen-bond donors (Lipinski definition) is 2. The molecule has 2 rings (SSSR count). The molecule has 7 heteroatoms. The van der Waals surface area contributed by atoms with E-state index in [1.807, 2.05) is 24.3 Å². The summed E-state index contributed by atoms with van der Waals surface area (Å²) in [5.74, 6) is 0.232. The van der Waals surface area contributed by atoms with E-state index < -0.39 is 0 Å². The number of nitrogens with zero attached hydrogens (tertiary/aromatic N) is 1. The molecule has 5 nitrogen and oxygen atoms in total. The third-order valence-corrected chi connectivity index (χ3v) is 4.11. The molecule has 0 aliphatic heterocycles. The summed E-state index contributed by atoms with van der Waals surface area (Å²) in [5.41, 5.74) is 2.41. The Morgan fingerprint density at radius 3 is 2.60 bits per heavy atom. The molecule has 0 unspecified atom stereocenters. The number of benzene rings is 2. The van der Waals surface area contributed by atoms with E-state index in [2.05, 4.69) is 33.5 Å². The van der Waals surface area contributed by atoms with Crippen LogP contribution in [0, 0.1) is 11.3 Å². The molecule has 0 aliphatic rings. The maximum atomic E-state index is 11.9. The summed E-state index contributed by atoms with van der Waals surface area (Å²) in [5, 5.41) is 14.3. The van der Waals surface area contributed by atoms with E-state index in [1.165, 1.54) is 5.56 Å². The summed E-state index contributed by atoms with van der Waals surface area (Å²) >= 11 is 8.52. The smallest absolute Gasteiger partial charge is 0.264 e. The van der Waals surface area contributed by atoms with Gasteiger partial charge in [0.25, 0.3) is 5.91 Å². The molecule has 0 bridgehead atoms. The van der Waals surface area contributed by atoms with E-state index >= 15 is 0 Å². The standard InChI is InChI=1S/C18H16BrN3O2S/c1-2-12-5-8-16(15(19)9-12)24-11-17(23)22-18(25)21-14-6-3-13(10-20)4-7-14/h3-9H,2,11H2,1H3,(H2,21,22,23,25). The molecule has 0 saturated carbocycles. The Morgan fingerprint density at radius 1 is 1.28 bits per heavy atom. The zero-order chi connectivity index (χ0) is 18.2. The molecule has 1 amide bonds. The van der Waals surface area contributed by atoms with Crippen LogP contribution in [0.4, 0.5) is 5.69 Å². The monoisotopic (exact) mass is 417 g/mol. The number of amides is 1. The third-order valence-electron chi connectivity index (χ3n) is 3.29. The quantitative estimate of drug-likeness (QED) is 0.724. The minimum Gasteiger partial charge on any atom is -0.483 e. The lowest BCUT2D eigenvalue weighted by molar-refractivity contribution is -0.121. The fraction of sp³-hybridized carbons (Fsp3) is 0.167. The molecule has 2 aromatic carbocycles. The number of carbonyl (C=O) groups excluding carboxylic acids is 1. The zero-order valence-electron chi connectivity index (χ0n) is 13.5. The topological polar surface area (TPSA) is 74.2 Å². The van der Waals surface area contributed by atoms with Gasteiger partial charge in [-0.1, -0.05) is 13.0 Å². The number of hydrogen-bond acceptors (Lipinski definition) is 4. The van der Waals surface area contributed by atoms with Crippen molar-refractivity contribution in [3.8, 4) is 11.8 Å². The number of aryl methyl sites for hydroxylation is 1. The van der Waals surface area contributed by atoms with Gasteiger partial charge in [-0.25, -0.2) is 0 Å². The highest BCUT2D eigenvalue weighted by Crippen LogP contribution is 2.26. The van der Waals surface area contributed by atoms with Gasteiger partial charge in [-0.05, 0) is 76.5 Å². The summed E-state index contributed by atoms with van der Waals surface area (Å²) in [6, 6.07) is 14.5. The van der Waals surface area contributed by atoms with Crippen LogP contribution < -0.4 is 15.4 Å². The molecular formula is C18H16BrN3O2S. The first-order valence-corrected chi connectivity index (χ1v) is 8.74. The molecule has 0 aliphatic carbocycles. The Balaban J connectivity index is 1.83. The van der Waals surface area contributed by atoms with Gasteiger partial charge in [-0.15, -0.1) is 0 Å². The number of anilines is 1. The van der Waals surface area contributed by atoms with Crippen LogP contribution in [-0.2, 0) is 11.2 Å². The first-order valence-electron chi connectivity index (χ1n) is 7.54. The molecule has 0 aromatic heterocycles. The number of nitrogens with one attached hydrogen (secondary N) is 2. The van der Waals surface area contributed by atoms with Gasteiger partial charge in [0.15, 0.2) is 11.7 Å². The van der Waals surface area contributed by atoms with Crippen molar-refractivity contribution in [3.05, 3.63) is 58.1 Å². The second-order valence-electron chi connectivity index (χ2n) is 5.10. The normalized spacial score (nSPS) is 9.80. The van der Waals surface area contributed by atoms with Crippen molar-refractivity contribution in [1.29, 1.82) is 5.26 Å². The third kappa shape index (κ3) is 5.85. The minimum absolute atomic E-state index is 0.154. The van der Waals surface area contributed by atoms with Crippen LogP contribution in [0.1, 0.15) is 18.1 Å². The van der Waals surface area contributed by atoms with Gasteiger partial charge < -0.3 is 10.1 Å². The lowest BCUT2D eigenvalue weighted by Crippen LogP contribution is -2.37.